The smallest absolute Gasteiger partial charge is 0.261 e. The fraction of sp³-hybridized carbons (Fsp3) is 0.400. The number of pyridine rings is 1. The number of carbonyl (C=O) groups excluding carboxylic acids is 1. The van der Waals surface area contributed by atoms with Gasteiger partial charge in [-0.15, -0.1) is 0 Å². The molecule has 0 radical (unpaired) electrons. The fourth-order valence-electron chi connectivity index (χ4n) is 2.70. The third-order valence-electron chi connectivity index (χ3n) is 4.13. The molecule has 1 amide bonds. The van der Waals surface area contributed by atoms with Crippen molar-refractivity contribution in [2.24, 2.45) is 0 Å². The first-order valence-corrected chi connectivity index (χ1v) is 8.91. The molecule has 0 aliphatic carbocycles. The Morgan fingerprint density at radius 2 is 1.80 bits per heavy atom. The van der Waals surface area contributed by atoms with E-state index in [1.807, 2.05) is 39.0 Å². The number of para-hydroxylation sites is 1. The zero-order chi connectivity index (χ0) is 18.6. The molecule has 1 heterocycles. The molecule has 1 aromatic heterocycles. The van der Waals surface area contributed by atoms with Crippen LogP contribution in [0.2, 0.25) is 5.02 Å². The van der Waals surface area contributed by atoms with Crippen LogP contribution in [-0.4, -0.2) is 17.5 Å². The summed E-state index contributed by atoms with van der Waals surface area (Å²) in [5, 5.41) is 3.39. The van der Waals surface area contributed by atoms with Crippen LogP contribution >= 0.6 is 11.6 Å². The maximum atomic E-state index is 13.0. The summed E-state index contributed by atoms with van der Waals surface area (Å²) in [7, 11) is 0. The average molecular weight is 361 g/mol. The Morgan fingerprint density at radius 1 is 1.16 bits per heavy atom. The van der Waals surface area contributed by atoms with Gasteiger partial charge in [0.1, 0.15) is 10.6 Å². The van der Waals surface area contributed by atoms with Crippen molar-refractivity contribution in [3.05, 3.63) is 51.3 Å². The molecule has 0 aliphatic heterocycles. The maximum Gasteiger partial charge on any atom is 0.261 e. The highest BCUT2D eigenvalue weighted by Crippen LogP contribution is 2.34. The van der Waals surface area contributed by atoms with E-state index in [1.54, 1.807) is 6.92 Å². The van der Waals surface area contributed by atoms with Crippen molar-refractivity contribution in [1.82, 2.24) is 4.98 Å². The monoisotopic (exact) mass is 360 g/mol. The molecule has 25 heavy (non-hydrogen) atoms. The van der Waals surface area contributed by atoms with E-state index in [1.165, 1.54) is 0 Å². The molecule has 0 fully saturated rings. The summed E-state index contributed by atoms with van der Waals surface area (Å²) in [4.78, 5) is 17.4. The molecule has 5 heteroatoms. The topological polar surface area (TPSA) is 51.2 Å². The zero-order valence-corrected chi connectivity index (χ0v) is 16.3. The van der Waals surface area contributed by atoms with E-state index >= 15 is 0 Å². The van der Waals surface area contributed by atoms with Gasteiger partial charge in [-0.1, -0.05) is 43.1 Å². The highest BCUT2D eigenvalue weighted by molar-refractivity contribution is 6.33. The van der Waals surface area contributed by atoms with E-state index in [0.717, 1.165) is 29.7 Å². The van der Waals surface area contributed by atoms with Gasteiger partial charge >= 0.3 is 0 Å². The Labute approximate surface area is 154 Å². The van der Waals surface area contributed by atoms with Gasteiger partial charge in [0.2, 0.25) is 0 Å². The van der Waals surface area contributed by atoms with Crippen LogP contribution in [0.5, 0.6) is 5.75 Å². The number of ether oxygens (including phenoxy) is 1. The highest BCUT2D eigenvalue weighted by Gasteiger charge is 2.23. The average Bonchev–Trinajstić information content (AvgIpc) is 2.55. The van der Waals surface area contributed by atoms with Gasteiger partial charge in [0.25, 0.3) is 5.91 Å². The number of carbonyl (C=O) groups is 1. The van der Waals surface area contributed by atoms with Crippen LogP contribution in [0.3, 0.4) is 0 Å². The second-order valence-electron chi connectivity index (χ2n) is 6.22. The first-order valence-electron chi connectivity index (χ1n) is 8.53. The first kappa shape index (κ1) is 19.3. The van der Waals surface area contributed by atoms with Crippen LogP contribution in [0.15, 0.2) is 18.2 Å². The molecule has 4 nitrogen and oxygen atoms in total. The summed E-state index contributed by atoms with van der Waals surface area (Å²) < 4.78 is 5.86. The minimum atomic E-state index is -0.254. The van der Waals surface area contributed by atoms with E-state index in [0.29, 0.717) is 34.3 Å². The molecule has 134 valence electrons. The molecule has 2 aromatic rings. The predicted octanol–water partition coefficient (Wildman–Crippen LogP) is 5.40. The van der Waals surface area contributed by atoms with Crippen LogP contribution in [0.25, 0.3) is 0 Å². The van der Waals surface area contributed by atoms with Crippen LogP contribution in [0.4, 0.5) is 5.69 Å². The third-order valence-corrected chi connectivity index (χ3v) is 4.58. The summed E-state index contributed by atoms with van der Waals surface area (Å²) in [5.41, 5.74) is 4.49. The number of amides is 1. The number of anilines is 1. The number of hydrogen-bond acceptors (Lipinski definition) is 3. The normalized spacial score (nSPS) is 10.6. The SMILES string of the molecule is CCCCOc1c(Cl)c(C)nc(C)c1C(=O)Nc1c(C)cccc1C. The third kappa shape index (κ3) is 4.31. The van der Waals surface area contributed by atoms with E-state index in [-0.39, 0.29) is 5.91 Å². The lowest BCUT2D eigenvalue weighted by Gasteiger charge is -2.17. The number of aryl methyl sites for hydroxylation is 4. The van der Waals surface area contributed by atoms with E-state index in [9.17, 15) is 4.79 Å². The van der Waals surface area contributed by atoms with E-state index < -0.39 is 0 Å². The Hall–Kier alpha value is -2.07. The largest absolute Gasteiger partial charge is 0.491 e. The molecule has 0 atom stereocenters. The zero-order valence-electron chi connectivity index (χ0n) is 15.5. The van der Waals surface area contributed by atoms with Crippen molar-refractivity contribution >= 4 is 23.2 Å². The molecular weight excluding hydrogens is 336 g/mol. The van der Waals surface area contributed by atoms with Gasteiger partial charge in [-0.3, -0.25) is 9.78 Å². The molecule has 0 unspecified atom stereocenters. The summed E-state index contributed by atoms with van der Waals surface area (Å²) in [6.45, 7) is 10.2. The molecule has 1 aromatic carbocycles. The van der Waals surface area contributed by atoms with Gasteiger partial charge in [-0.2, -0.15) is 0 Å². The maximum absolute atomic E-state index is 13.0. The lowest BCUT2D eigenvalue weighted by Crippen LogP contribution is -2.18. The Kier molecular flexibility index (Phi) is 6.43. The molecule has 1 N–H and O–H groups in total. The van der Waals surface area contributed by atoms with Crippen molar-refractivity contribution < 1.29 is 9.53 Å². The minimum absolute atomic E-state index is 0.254. The molecule has 0 saturated carbocycles. The first-order chi connectivity index (χ1) is 11.9. The second kappa shape index (κ2) is 8.34. The van der Waals surface area contributed by atoms with Crippen LogP contribution in [0.1, 0.15) is 52.6 Å². The van der Waals surface area contributed by atoms with E-state index in [4.69, 9.17) is 16.3 Å². The number of benzene rings is 1. The van der Waals surface area contributed by atoms with Crippen LogP contribution in [0, 0.1) is 27.7 Å². The molecule has 0 saturated heterocycles. The molecule has 0 aliphatic rings. The lowest BCUT2D eigenvalue weighted by atomic mass is 10.1. The second-order valence-corrected chi connectivity index (χ2v) is 6.60. The van der Waals surface area contributed by atoms with Crippen LogP contribution < -0.4 is 10.1 Å². The summed E-state index contributed by atoms with van der Waals surface area (Å²) in [6.07, 6.45) is 1.90. The summed E-state index contributed by atoms with van der Waals surface area (Å²) in [6, 6.07) is 5.90. The minimum Gasteiger partial charge on any atom is -0.491 e. The number of unbranched alkanes of at least 4 members (excludes halogenated alkanes) is 1. The van der Waals surface area contributed by atoms with Gasteiger partial charge in [0.05, 0.1) is 18.0 Å². The number of rotatable bonds is 6. The quantitative estimate of drug-likeness (QED) is 0.701. The molecule has 0 bridgehead atoms. The van der Waals surface area contributed by atoms with Crippen molar-refractivity contribution in [3.63, 3.8) is 0 Å². The van der Waals surface area contributed by atoms with Crippen molar-refractivity contribution in [2.45, 2.75) is 47.5 Å². The lowest BCUT2D eigenvalue weighted by molar-refractivity contribution is 0.102. The van der Waals surface area contributed by atoms with Gasteiger partial charge in [0, 0.05) is 5.69 Å². The summed E-state index contributed by atoms with van der Waals surface area (Å²) in [5.74, 6) is 0.166. The number of nitrogens with zero attached hydrogens (tertiary/aromatic N) is 1. The number of aromatic nitrogens is 1. The predicted molar refractivity (Wildman–Crippen MR) is 103 cm³/mol. The molecule has 0 spiro atoms. The van der Waals surface area contributed by atoms with Gasteiger partial charge in [-0.25, -0.2) is 0 Å². The van der Waals surface area contributed by atoms with Gasteiger partial charge in [-0.05, 0) is 45.2 Å². The Balaban J connectivity index is 2.42. The number of halogens is 1. The molecule has 2 rings (SSSR count). The Morgan fingerprint density at radius 3 is 2.40 bits per heavy atom. The van der Waals surface area contributed by atoms with Gasteiger partial charge in [0.15, 0.2) is 5.75 Å². The molecular formula is C20H25ClN2O2. The Bertz CT molecular complexity index is 768. The number of hydrogen-bond donors (Lipinski definition) is 1. The van der Waals surface area contributed by atoms with Crippen molar-refractivity contribution in [3.8, 4) is 5.75 Å². The fourth-order valence-corrected chi connectivity index (χ4v) is 2.90. The van der Waals surface area contributed by atoms with Crippen LogP contribution in [-0.2, 0) is 0 Å². The number of nitrogens with one attached hydrogen (secondary N) is 1. The highest BCUT2D eigenvalue weighted by atomic mass is 35.5. The van der Waals surface area contributed by atoms with Crippen molar-refractivity contribution in [1.29, 1.82) is 0 Å². The van der Waals surface area contributed by atoms with E-state index in [2.05, 4.69) is 17.2 Å². The van der Waals surface area contributed by atoms with Crippen molar-refractivity contribution in [2.75, 3.05) is 11.9 Å². The summed E-state index contributed by atoms with van der Waals surface area (Å²) >= 11 is 6.39. The van der Waals surface area contributed by atoms with Gasteiger partial charge < -0.3 is 10.1 Å². The standard InChI is InChI=1S/C20H25ClN2O2/c1-6-7-11-25-19-16(14(4)22-15(5)17(19)21)20(24)23-18-12(2)9-8-10-13(18)3/h8-10H,6-7,11H2,1-5H3,(H,23,24).